The van der Waals surface area contributed by atoms with Crippen LogP contribution in [0.4, 0.5) is 11.4 Å². The van der Waals surface area contributed by atoms with Crippen molar-refractivity contribution in [1.29, 1.82) is 0 Å². The van der Waals surface area contributed by atoms with Crippen LogP contribution in [0.25, 0.3) is 0 Å². The first kappa shape index (κ1) is 19.8. The third-order valence-electron chi connectivity index (χ3n) is 4.11. The number of ether oxygens (including phenoxy) is 1. The summed E-state index contributed by atoms with van der Waals surface area (Å²) in [7, 11) is 1.56. The Morgan fingerprint density at radius 2 is 1.92 bits per heavy atom. The van der Waals surface area contributed by atoms with E-state index in [9.17, 15) is 9.59 Å². The van der Waals surface area contributed by atoms with Crippen LogP contribution in [0.15, 0.2) is 36.4 Å². The van der Waals surface area contributed by atoms with Crippen molar-refractivity contribution in [3.63, 3.8) is 0 Å². The van der Waals surface area contributed by atoms with Crippen LogP contribution in [0.5, 0.6) is 5.75 Å². The van der Waals surface area contributed by atoms with Gasteiger partial charge in [-0.1, -0.05) is 23.7 Å². The lowest BCUT2D eigenvalue weighted by molar-refractivity contribution is -0.117. The van der Waals surface area contributed by atoms with Crippen molar-refractivity contribution in [3.05, 3.63) is 52.5 Å². The number of benzene rings is 2. The molecule has 6 heteroatoms. The van der Waals surface area contributed by atoms with Crippen molar-refractivity contribution < 1.29 is 14.3 Å². The van der Waals surface area contributed by atoms with E-state index in [1.54, 1.807) is 30.2 Å². The van der Waals surface area contributed by atoms with Gasteiger partial charge in [-0.05, 0) is 49.2 Å². The van der Waals surface area contributed by atoms with Gasteiger partial charge in [0.05, 0.1) is 12.8 Å². The molecule has 0 radical (unpaired) electrons. The van der Waals surface area contributed by atoms with Gasteiger partial charge < -0.3 is 15.0 Å². The van der Waals surface area contributed by atoms with Crippen molar-refractivity contribution in [3.8, 4) is 5.75 Å². The highest BCUT2D eigenvalue weighted by molar-refractivity contribution is 6.31. The fraction of sp³-hybridized carbons (Fsp3) is 0.300. The highest BCUT2D eigenvalue weighted by atomic mass is 35.5. The van der Waals surface area contributed by atoms with Crippen molar-refractivity contribution in [2.75, 3.05) is 23.9 Å². The summed E-state index contributed by atoms with van der Waals surface area (Å²) in [5.74, 6) is 0.255. The second-order valence-electron chi connectivity index (χ2n) is 6.06. The van der Waals surface area contributed by atoms with Gasteiger partial charge >= 0.3 is 0 Å². The minimum absolute atomic E-state index is 0.152. The highest BCUT2D eigenvalue weighted by Crippen LogP contribution is 2.30. The minimum atomic E-state index is -0.187. The van der Waals surface area contributed by atoms with E-state index in [0.717, 1.165) is 11.1 Å². The molecule has 5 nitrogen and oxygen atoms in total. The molecule has 0 bridgehead atoms. The number of amides is 2. The number of anilines is 2. The number of carbonyl (C=O) groups excluding carboxylic acids is 2. The zero-order valence-corrected chi connectivity index (χ0v) is 16.2. The highest BCUT2D eigenvalue weighted by Gasteiger charge is 2.18. The molecule has 0 aliphatic rings. The molecular weight excluding hydrogens is 352 g/mol. The van der Waals surface area contributed by atoms with E-state index in [-0.39, 0.29) is 24.8 Å². The maximum Gasteiger partial charge on any atom is 0.226 e. The molecule has 0 atom stereocenters. The molecule has 26 heavy (non-hydrogen) atoms. The number of nitrogens with zero attached hydrogens (tertiary/aromatic N) is 1. The third-order valence-corrected chi connectivity index (χ3v) is 4.52. The molecule has 0 aliphatic heterocycles. The largest absolute Gasteiger partial charge is 0.495 e. The Kier molecular flexibility index (Phi) is 6.64. The summed E-state index contributed by atoms with van der Waals surface area (Å²) in [6.45, 7) is 5.51. The number of hydrogen-bond acceptors (Lipinski definition) is 3. The number of halogens is 1. The summed E-state index contributed by atoms with van der Waals surface area (Å²) in [5.41, 5.74) is 3.15. The van der Waals surface area contributed by atoms with Crippen LogP contribution in [0.3, 0.4) is 0 Å². The van der Waals surface area contributed by atoms with Gasteiger partial charge in [-0.2, -0.15) is 0 Å². The summed E-state index contributed by atoms with van der Waals surface area (Å²) >= 11 is 6.08. The monoisotopic (exact) mass is 374 g/mol. The minimum Gasteiger partial charge on any atom is -0.495 e. The molecule has 2 aromatic carbocycles. The van der Waals surface area contributed by atoms with Gasteiger partial charge in [-0.3, -0.25) is 9.59 Å². The van der Waals surface area contributed by atoms with E-state index in [2.05, 4.69) is 5.32 Å². The molecule has 138 valence electrons. The molecule has 0 saturated heterocycles. The first-order chi connectivity index (χ1) is 12.3. The number of carbonyl (C=O) groups is 2. The van der Waals surface area contributed by atoms with Crippen LogP contribution >= 0.6 is 11.6 Å². The average molecular weight is 375 g/mol. The summed E-state index contributed by atoms with van der Waals surface area (Å²) in [5, 5.41) is 3.44. The van der Waals surface area contributed by atoms with E-state index in [4.69, 9.17) is 16.3 Å². The molecule has 2 amide bonds. The third kappa shape index (κ3) is 4.76. The van der Waals surface area contributed by atoms with Gasteiger partial charge in [-0.25, -0.2) is 0 Å². The van der Waals surface area contributed by atoms with Crippen LogP contribution in [-0.4, -0.2) is 25.5 Å². The van der Waals surface area contributed by atoms with Gasteiger partial charge in [0.25, 0.3) is 0 Å². The molecule has 0 aliphatic carbocycles. The van der Waals surface area contributed by atoms with Gasteiger partial charge in [0.15, 0.2) is 0 Å². The summed E-state index contributed by atoms with van der Waals surface area (Å²) < 4.78 is 5.35. The lowest BCUT2D eigenvalue weighted by Gasteiger charge is -2.23. The molecule has 0 heterocycles. The van der Waals surface area contributed by atoms with Gasteiger partial charge in [0, 0.05) is 30.6 Å². The van der Waals surface area contributed by atoms with Gasteiger partial charge in [-0.15, -0.1) is 0 Å². The van der Waals surface area contributed by atoms with Crippen molar-refractivity contribution in [2.45, 2.75) is 27.2 Å². The smallest absolute Gasteiger partial charge is 0.226 e. The van der Waals surface area contributed by atoms with Crippen LogP contribution in [0.1, 0.15) is 24.5 Å². The first-order valence-corrected chi connectivity index (χ1v) is 8.69. The number of rotatable bonds is 6. The Hall–Kier alpha value is -2.53. The van der Waals surface area contributed by atoms with E-state index in [1.807, 2.05) is 32.0 Å². The summed E-state index contributed by atoms with van der Waals surface area (Å²) in [6, 6.07) is 11.0. The van der Waals surface area contributed by atoms with Crippen molar-refractivity contribution in [2.24, 2.45) is 0 Å². The topological polar surface area (TPSA) is 58.6 Å². The molecular formula is C20H23ClN2O3. The number of hydrogen-bond donors (Lipinski definition) is 1. The number of aryl methyl sites for hydroxylation is 1. The molecule has 1 N–H and O–H groups in total. The second-order valence-corrected chi connectivity index (χ2v) is 6.46. The quantitative estimate of drug-likeness (QED) is 0.817. The molecule has 2 aromatic rings. The predicted octanol–water partition coefficient (Wildman–Crippen LogP) is 4.35. The SMILES string of the molecule is COc1ccc(C)cc1N(CCC(=O)Nc1cccc(Cl)c1C)C(C)=O. The Morgan fingerprint density at radius 3 is 2.58 bits per heavy atom. The van der Waals surface area contributed by atoms with Crippen LogP contribution in [0, 0.1) is 13.8 Å². The fourth-order valence-electron chi connectivity index (χ4n) is 2.63. The van der Waals surface area contributed by atoms with Crippen molar-refractivity contribution in [1.82, 2.24) is 0 Å². The zero-order valence-electron chi connectivity index (χ0n) is 15.4. The van der Waals surface area contributed by atoms with Crippen molar-refractivity contribution >= 4 is 34.8 Å². The number of methoxy groups -OCH3 is 1. The molecule has 0 spiro atoms. The lowest BCUT2D eigenvalue weighted by atomic mass is 10.1. The van der Waals surface area contributed by atoms with E-state index < -0.39 is 0 Å². The first-order valence-electron chi connectivity index (χ1n) is 8.31. The molecule has 0 saturated carbocycles. The molecule has 0 unspecified atom stereocenters. The average Bonchev–Trinajstić information content (AvgIpc) is 2.59. The Labute approximate surface area is 158 Å². The molecule has 0 aromatic heterocycles. The standard InChI is InChI=1S/C20H23ClN2O3/c1-13-8-9-19(26-4)18(12-13)23(15(3)24)11-10-20(25)22-17-7-5-6-16(21)14(17)2/h5-9,12H,10-11H2,1-4H3,(H,22,25). The second kappa shape index (κ2) is 8.72. The Bertz CT molecular complexity index is 821. The number of nitrogens with one attached hydrogen (secondary N) is 1. The summed E-state index contributed by atoms with van der Waals surface area (Å²) in [6.07, 6.45) is 0.155. The van der Waals surface area contributed by atoms with E-state index in [0.29, 0.717) is 22.1 Å². The van der Waals surface area contributed by atoms with Crippen LogP contribution < -0.4 is 15.0 Å². The molecule has 0 fully saturated rings. The Morgan fingerprint density at radius 1 is 1.19 bits per heavy atom. The van der Waals surface area contributed by atoms with Gasteiger partial charge in [0.2, 0.25) is 11.8 Å². The maximum atomic E-state index is 12.3. The zero-order chi connectivity index (χ0) is 19.3. The maximum absolute atomic E-state index is 12.3. The fourth-order valence-corrected chi connectivity index (χ4v) is 2.80. The summed E-state index contributed by atoms with van der Waals surface area (Å²) in [4.78, 5) is 26.0. The normalized spacial score (nSPS) is 10.3. The Balaban J connectivity index is 2.12. The lowest BCUT2D eigenvalue weighted by Crippen LogP contribution is -2.32. The van der Waals surface area contributed by atoms with Crippen LogP contribution in [-0.2, 0) is 9.59 Å². The predicted molar refractivity (Wildman–Crippen MR) is 105 cm³/mol. The molecule has 2 rings (SSSR count). The van der Waals surface area contributed by atoms with E-state index >= 15 is 0 Å². The van der Waals surface area contributed by atoms with Gasteiger partial charge in [0.1, 0.15) is 5.75 Å². The van der Waals surface area contributed by atoms with Crippen LogP contribution in [0.2, 0.25) is 5.02 Å². The van der Waals surface area contributed by atoms with E-state index in [1.165, 1.54) is 6.92 Å².